The molecule has 0 aromatic carbocycles. The minimum atomic E-state index is -2.57. The predicted octanol–water partition coefficient (Wildman–Crippen LogP) is 2.47. The normalized spacial score (nSPS) is 16.1. The van der Waals surface area contributed by atoms with E-state index in [1.165, 1.54) is 0 Å². The Bertz CT molecular complexity index is 509. The van der Waals surface area contributed by atoms with Gasteiger partial charge in [-0.15, -0.1) is 0 Å². The number of alkyl halides is 2. The third kappa shape index (κ3) is 4.25. The highest BCUT2D eigenvalue weighted by molar-refractivity contribution is 5.68. The van der Waals surface area contributed by atoms with Crippen LogP contribution in [0, 0.1) is 0 Å². The number of aromatic nitrogens is 2. The summed E-state index contributed by atoms with van der Waals surface area (Å²) in [6.45, 7) is 7.49. The maximum atomic E-state index is 12.5. The van der Waals surface area contributed by atoms with Crippen LogP contribution in [-0.4, -0.2) is 52.7 Å². The van der Waals surface area contributed by atoms with Crippen LogP contribution in [0.15, 0.2) is 12.4 Å². The highest BCUT2D eigenvalue weighted by Gasteiger charge is 2.26. The van der Waals surface area contributed by atoms with Gasteiger partial charge in [-0.2, -0.15) is 0 Å². The fraction of sp³-hybridized carbons (Fsp3) is 0.643. The predicted molar refractivity (Wildman–Crippen MR) is 77.0 cm³/mol. The molecule has 0 N–H and O–H groups in total. The summed E-state index contributed by atoms with van der Waals surface area (Å²) in [7, 11) is 0. The molecular formula is C14H20F2N4O2. The molecule has 1 amide bonds. The molecule has 0 atom stereocenters. The van der Waals surface area contributed by atoms with Gasteiger partial charge in [0.15, 0.2) is 0 Å². The van der Waals surface area contributed by atoms with Gasteiger partial charge in [-0.05, 0) is 20.8 Å². The summed E-state index contributed by atoms with van der Waals surface area (Å²) < 4.78 is 30.2. The molecule has 22 heavy (non-hydrogen) atoms. The Morgan fingerprint density at radius 3 is 2.18 bits per heavy atom. The quantitative estimate of drug-likeness (QED) is 0.839. The van der Waals surface area contributed by atoms with Crippen molar-refractivity contribution in [3.8, 4) is 0 Å². The number of hydrogen-bond donors (Lipinski definition) is 0. The topological polar surface area (TPSA) is 58.6 Å². The van der Waals surface area contributed by atoms with Crippen molar-refractivity contribution >= 4 is 12.0 Å². The first-order chi connectivity index (χ1) is 10.3. The van der Waals surface area contributed by atoms with E-state index in [0.29, 0.717) is 32.1 Å². The third-order valence-electron chi connectivity index (χ3n) is 3.12. The molecule has 0 bridgehead atoms. The number of piperazine rings is 1. The molecule has 1 aromatic heterocycles. The number of rotatable bonds is 2. The van der Waals surface area contributed by atoms with Crippen molar-refractivity contribution in [2.24, 2.45) is 0 Å². The highest BCUT2D eigenvalue weighted by Crippen LogP contribution is 2.19. The first kappa shape index (κ1) is 16.4. The van der Waals surface area contributed by atoms with E-state index in [2.05, 4.69) is 9.97 Å². The lowest BCUT2D eigenvalue weighted by Gasteiger charge is -2.35. The van der Waals surface area contributed by atoms with Crippen LogP contribution in [0.4, 0.5) is 19.5 Å². The Kier molecular flexibility index (Phi) is 4.77. The van der Waals surface area contributed by atoms with Crippen molar-refractivity contribution in [3.63, 3.8) is 0 Å². The van der Waals surface area contributed by atoms with Gasteiger partial charge in [-0.1, -0.05) is 0 Å². The van der Waals surface area contributed by atoms with Gasteiger partial charge in [0.1, 0.15) is 5.60 Å². The largest absolute Gasteiger partial charge is 0.444 e. The summed E-state index contributed by atoms with van der Waals surface area (Å²) in [4.78, 5) is 23.3. The number of amides is 1. The van der Waals surface area contributed by atoms with Crippen molar-refractivity contribution in [1.82, 2.24) is 14.9 Å². The number of ether oxygens (including phenoxy) is 1. The number of carbonyl (C=O) groups excluding carboxylic acids is 1. The summed E-state index contributed by atoms with van der Waals surface area (Å²) >= 11 is 0. The van der Waals surface area contributed by atoms with E-state index in [4.69, 9.17) is 4.74 Å². The standard InChI is InChI=1S/C14H20F2N4O2/c1-14(2,3)22-13(21)20-6-4-19(5-7-20)12-17-8-10(9-18-12)11(15)16/h8-9,11H,4-7H2,1-3H3. The molecule has 1 saturated heterocycles. The summed E-state index contributed by atoms with van der Waals surface area (Å²) in [5.41, 5.74) is -0.723. The number of hydrogen-bond acceptors (Lipinski definition) is 5. The fourth-order valence-corrected chi connectivity index (χ4v) is 2.02. The lowest BCUT2D eigenvalue weighted by molar-refractivity contribution is 0.0240. The maximum absolute atomic E-state index is 12.5. The van der Waals surface area contributed by atoms with Crippen LogP contribution in [0.2, 0.25) is 0 Å². The highest BCUT2D eigenvalue weighted by atomic mass is 19.3. The maximum Gasteiger partial charge on any atom is 0.410 e. The van der Waals surface area contributed by atoms with Gasteiger partial charge >= 0.3 is 6.09 Å². The van der Waals surface area contributed by atoms with E-state index in [1.807, 2.05) is 25.7 Å². The molecule has 0 unspecified atom stereocenters. The van der Waals surface area contributed by atoms with Gasteiger partial charge in [0.25, 0.3) is 6.43 Å². The SMILES string of the molecule is CC(C)(C)OC(=O)N1CCN(c2ncc(C(F)F)cn2)CC1. The van der Waals surface area contributed by atoms with E-state index >= 15 is 0 Å². The Hall–Kier alpha value is -1.99. The molecule has 0 spiro atoms. The van der Waals surface area contributed by atoms with E-state index in [9.17, 15) is 13.6 Å². The van der Waals surface area contributed by atoms with Gasteiger partial charge in [-0.3, -0.25) is 0 Å². The Labute approximate surface area is 128 Å². The molecule has 8 heteroatoms. The van der Waals surface area contributed by atoms with Crippen molar-refractivity contribution in [2.45, 2.75) is 32.8 Å². The fourth-order valence-electron chi connectivity index (χ4n) is 2.02. The number of carbonyl (C=O) groups is 1. The van der Waals surface area contributed by atoms with Crippen molar-refractivity contribution in [3.05, 3.63) is 18.0 Å². The van der Waals surface area contributed by atoms with Crippen molar-refractivity contribution in [2.75, 3.05) is 31.1 Å². The monoisotopic (exact) mass is 314 g/mol. The van der Waals surface area contributed by atoms with Crippen LogP contribution in [0.1, 0.15) is 32.8 Å². The van der Waals surface area contributed by atoms with Crippen LogP contribution in [-0.2, 0) is 4.74 Å². The smallest absolute Gasteiger partial charge is 0.410 e. The number of halogens is 2. The second-order valence-corrected chi connectivity index (χ2v) is 6.07. The molecule has 2 rings (SSSR count). The van der Waals surface area contributed by atoms with Crippen molar-refractivity contribution < 1.29 is 18.3 Å². The number of nitrogens with zero attached hydrogens (tertiary/aromatic N) is 4. The molecule has 1 aromatic rings. The number of anilines is 1. The molecular weight excluding hydrogens is 294 g/mol. The second-order valence-electron chi connectivity index (χ2n) is 6.07. The lowest BCUT2D eigenvalue weighted by Crippen LogP contribution is -2.50. The average Bonchev–Trinajstić information content (AvgIpc) is 2.46. The molecule has 1 aliphatic heterocycles. The minimum Gasteiger partial charge on any atom is -0.444 e. The van der Waals surface area contributed by atoms with Crippen LogP contribution in [0.3, 0.4) is 0 Å². The molecule has 122 valence electrons. The van der Waals surface area contributed by atoms with Gasteiger partial charge < -0.3 is 14.5 Å². The average molecular weight is 314 g/mol. The Balaban J connectivity index is 1.90. The summed E-state index contributed by atoms with van der Waals surface area (Å²) in [5, 5.41) is 0. The lowest BCUT2D eigenvalue weighted by atomic mass is 10.2. The molecule has 1 aliphatic rings. The van der Waals surface area contributed by atoms with Crippen LogP contribution >= 0.6 is 0 Å². The first-order valence-corrected chi connectivity index (χ1v) is 7.09. The summed E-state index contributed by atoms with van der Waals surface area (Å²) in [6, 6.07) is 0. The Morgan fingerprint density at radius 2 is 1.73 bits per heavy atom. The summed E-state index contributed by atoms with van der Waals surface area (Å²) in [6.07, 6.45) is -0.653. The van der Waals surface area contributed by atoms with E-state index in [-0.39, 0.29) is 11.7 Å². The van der Waals surface area contributed by atoms with Gasteiger partial charge in [0, 0.05) is 38.6 Å². The Morgan fingerprint density at radius 1 is 1.18 bits per heavy atom. The molecule has 2 heterocycles. The minimum absolute atomic E-state index is 0.198. The van der Waals surface area contributed by atoms with Crippen LogP contribution in [0.5, 0.6) is 0 Å². The summed E-state index contributed by atoms with van der Waals surface area (Å²) in [5.74, 6) is 0.397. The van der Waals surface area contributed by atoms with E-state index in [0.717, 1.165) is 12.4 Å². The van der Waals surface area contributed by atoms with Crippen LogP contribution < -0.4 is 4.90 Å². The van der Waals surface area contributed by atoms with Crippen molar-refractivity contribution in [1.29, 1.82) is 0 Å². The molecule has 0 saturated carbocycles. The zero-order valence-corrected chi connectivity index (χ0v) is 12.9. The zero-order valence-electron chi connectivity index (χ0n) is 12.9. The first-order valence-electron chi connectivity index (χ1n) is 7.09. The molecule has 0 radical (unpaired) electrons. The van der Waals surface area contributed by atoms with Gasteiger partial charge in [-0.25, -0.2) is 23.5 Å². The molecule has 1 fully saturated rings. The van der Waals surface area contributed by atoms with Gasteiger partial charge in [0.2, 0.25) is 5.95 Å². The third-order valence-corrected chi connectivity index (χ3v) is 3.12. The van der Waals surface area contributed by atoms with E-state index < -0.39 is 12.0 Å². The zero-order chi connectivity index (χ0) is 16.3. The van der Waals surface area contributed by atoms with Gasteiger partial charge in [0.05, 0.1) is 5.56 Å². The molecule has 6 nitrogen and oxygen atoms in total. The van der Waals surface area contributed by atoms with E-state index in [1.54, 1.807) is 4.90 Å². The molecule has 0 aliphatic carbocycles. The second kappa shape index (κ2) is 6.41. The van der Waals surface area contributed by atoms with Crippen LogP contribution in [0.25, 0.3) is 0 Å².